The Morgan fingerprint density at radius 1 is 0.886 bits per heavy atom. The van der Waals surface area contributed by atoms with Gasteiger partial charge in [0, 0.05) is 5.57 Å². The number of ether oxygens (including phenoxy) is 2. The summed E-state index contributed by atoms with van der Waals surface area (Å²) in [7, 11) is 1.52. The number of nitrogens with zero attached hydrogens (tertiary/aromatic N) is 1. The first-order valence-electron chi connectivity index (χ1n) is 12.2. The third kappa shape index (κ3) is 5.62. The molecule has 5 nitrogen and oxygen atoms in total. The molecule has 0 heterocycles. The second kappa shape index (κ2) is 11.5. The average Bonchev–Trinajstić information content (AvgIpc) is 3.22. The number of hydrogen-bond donors (Lipinski definition) is 1. The first kappa shape index (κ1) is 24.3. The molecule has 4 rings (SSSR count). The molecule has 0 saturated carbocycles. The molecule has 0 aliphatic heterocycles. The van der Waals surface area contributed by atoms with Crippen LogP contribution in [0.5, 0.6) is 5.75 Å². The molecule has 3 aromatic rings. The van der Waals surface area contributed by atoms with Crippen LogP contribution in [0.15, 0.2) is 84.4 Å². The molecule has 0 fully saturated rings. The number of esters is 1. The minimum atomic E-state index is -0.459. The lowest BCUT2D eigenvalue weighted by Crippen LogP contribution is -2.22. The van der Waals surface area contributed by atoms with Crippen LogP contribution in [0.25, 0.3) is 5.57 Å². The van der Waals surface area contributed by atoms with E-state index < -0.39 is 5.97 Å². The number of rotatable bonds is 10. The van der Waals surface area contributed by atoms with Crippen molar-refractivity contribution < 1.29 is 24.2 Å². The molecule has 1 aliphatic carbocycles. The molecule has 35 heavy (non-hydrogen) atoms. The highest BCUT2D eigenvalue weighted by Gasteiger charge is 2.40. The number of hydrogen-bond acceptors (Lipinski definition) is 4. The predicted octanol–water partition coefficient (Wildman–Crippen LogP) is 5.68. The minimum absolute atomic E-state index is 0.252. The molecule has 3 aromatic carbocycles. The predicted molar refractivity (Wildman–Crippen MR) is 137 cm³/mol. The molecule has 0 saturated heterocycles. The number of carbonyl (C=O) groups excluding carboxylic acids is 1. The summed E-state index contributed by atoms with van der Waals surface area (Å²) in [6, 6.07) is 26.0. The molecule has 0 radical (unpaired) electrons. The molecule has 0 amide bonds. The van der Waals surface area contributed by atoms with Gasteiger partial charge in [0.2, 0.25) is 0 Å². The van der Waals surface area contributed by atoms with Gasteiger partial charge in [-0.3, -0.25) is 5.21 Å². The standard InChI is InChI=1S/C30H32NO4/c1-3-34-30(32)28-27(23-16-10-5-11-17-23)25-19-18-24(21-26(25)29(28)31(2)33)35-20-12-6-9-15-22-13-7-4-8-14-22/h4-5,7-8,10-11,13-14,16-19,21,33H,3,6,9,12,15,20H2,1-2H3/q+1/b31-29+. The van der Waals surface area contributed by atoms with Crippen molar-refractivity contribution in [2.24, 2.45) is 0 Å². The van der Waals surface area contributed by atoms with Crippen LogP contribution in [0, 0.1) is 0 Å². The molecule has 0 unspecified atom stereocenters. The molecule has 0 atom stereocenters. The topological polar surface area (TPSA) is 58.8 Å². The molecule has 0 aromatic heterocycles. The highest BCUT2D eigenvalue weighted by molar-refractivity contribution is 6.35. The van der Waals surface area contributed by atoms with E-state index >= 15 is 0 Å². The molecule has 0 bridgehead atoms. The van der Waals surface area contributed by atoms with Crippen LogP contribution in [0.3, 0.4) is 0 Å². The minimum Gasteiger partial charge on any atom is -0.494 e. The summed E-state index contributed by atoms with van der Waals surface area (Å²) >= 11 is 0. The van der Waals surface area contributed by atoms with Gasteiger partial charge in [-0.15, -0.1) is 0 Å². The maximum Gasteiger partial charge on any atom is 0.345 e. The van der Waals surface area contributed by atoms with Crippen molar-refractivity contribution in [3.8, 4) is 5.75 Å². The first-order chi connectivity index (χ1) is 17.1. The molecule has 1 N–H and O–H groups in total. The third-order valence-electron chi connectivity index (χ3n) is 6.09. The van der Waals surface area contributed by atoms with Gasteiger partial charge in [0.05, 0.1) is 18.8 Å². The first-order valence-corrected chi connectivity index (χ1v) is 12.2. The molecule has 0 spiro atoms. The van der Waals surface area contributed by atoms with Crippen LogP contribution in [-0.2, 0) is 16.0 Å². The highest BCUT2D eigenvalue weighted by atomic mass is 16.5. The van der Waals surface area contributed by atoms with Crippen molar-refractivity contribution in [1.82, 2.24) is 0 Å². The second-order valence-electron chi connectivity index (χ2n) is 8.56. The lowest BCUT2D eigenvalue weighted by molar-refractivity contribution is -0.753. The Bertz CT molecular complexity index is 1230. The van der Waals surface area contributed by atoms with Crippen molar-refractivity contribution in [1.29, 1.82) is 0 Å². The van der Waals surface area contributed by atoms with E-state index in [0.29, 0.717) is 23.6 Å². The number of fused-ring (bicyclic) bond motifs is 1. The fourth-order valence-electron chi connectivity index (χ4n) is 4.50. The van der Waals surface area contributed by atoms with Crippen molar-refractivity contribution in [2.45, 2.75) is 32.6 Å². The Balaban J connectivity index is 1.51. The van der Waals surface area contributed by atoms with E-state index in [9.17, 15) is 10.0 Å². The van der Waals surface area contributed by atoms with Crippen molar-refractivity contribution >= 4 is 17.3 Å². The summed E-state index contributed by atoms with van der Waals surface area (Å²) in [6.45, 7) is 2.64. The van der Waals surface area contributed by atoms with Crippen LogP contribution in [0.1, 0.15) is 48.4 Å². The monoisotopic (exact) mass is 470 g/mol. The van der Waals surface area contributed by atoms with Gasteiger partial charge in [0.25, 0.3) is 5.71 Å². The average molecular weight is 471 g/mol. The van der Waals surface area contributed by atoms with Gasteiger partial charge in [-0.1, -0.05) is 60.7 Å². The van der Waals surface area contributed by atoms with Crippen molar-refractivity contribution in [3.05, 3.63) is 107 Å². The lowest BCUT2D eigenvalue weighted by Gasteiger charge is -2.09. The van der Waals surface area contributed by atoms with Gasteiger partial charge in [0.15, 0.2) is 7.05 Å². The highest BCUT2D eigenvalue weighted by Crippen LogP contribution is 2.40. The van der Waals surface area contributed by atoms with Gasteiger partial charge in [-0.25, -0.2) is 4.79 Å². The Labute approximate surface area is 206 Å². The largest absolute Gasteiger partial charge is 0.494 e. The van der Waals surface area contributed by atoms with E-state index in [-0.39, 0.29) is 6.61 Å². The summed E-state index contributed by atoms with van der Waals surface area (Å²) < 4.78 is 12.4. The van der Waals surface area contributed by atoms with E-state index in [1.165, 1.54) is 12.6 Å². The number of hydroxylamine groups is 1. The normalized spacial score (nSPS) is 14.0. The smallest absolute Gasteiger partial charge is 0.345 e. The van der Waals surface area contributed by atoms with E-state index in [2.05, 4.69) is 24.3 Å². The zero-order chi connectivity index (χ0) is 24.6. The van der Waals surface area contributed by atoms with E-state index in [1.54, 1.807) is 6.92 Å². The fraction of sp³-hybridized carbons (Fsp3) is 0.267. The van der Waals surface area contributed by atoms with Crippen LogP contribution in [0.4, 0.5) is 0 Å². The van der Waals surface area contributed by atoms with Gasteiger partial charge >= 0.3 is 5.97 Å². The van der Waals surface area contributed by atoms with Gasteiger partial charge in [0.1, 0.15) is 11.3 Å². The summed E-state index contributed by atoms with van der Waals surface area (Å²) in [5.41, 5.74) is 5.40. The number of benzene rings is 3. The zero-order valence-electron chi connectivity index (χ0n) is 20.4. The van der Waals surface area contributed by atoms with Gasteiger partial charge in [-0.2, -0.15) is 0 Å². The van der Waals surface area contributed by atoms with E-state index in [1.807, 2.05) is 54.6 Å². The molecule has 180 valence electrons. The summed E-state index contributed by atoms with van der Waals surface area (Å²) in [6.07, 6.45) is 4.24. The number of aryl methyl sites for hydroxylation is 1. The molecular formula is C30H32NO4+. The molecular weight excluding hydrogens is 438 g/mol. The maximum absolute atomic E-state index is 13.0. The van der Waals surface area contributed by atoms with E-state index in [4.69, 9.17) is 9.47 Å². The molecule has 5 heteroatoms. The summed E-state index contributed by atoms with van der Waals surface area (Å²) in [5.74, 6) is 0.253. The Kier molecular flexibility index (Phi) is 7.99. The van der Waals surface area contributed by atoms with Gasteiger partial charge in [-0.05, 0) is 72.2 Å². The van der Waals surface area contributed by atoms with E-state index in [0.717, 1.165) is 52.7 Å². The number of carbonyl (C=O) groups is 1. The summed E-state index contributed by atoms with van der Waals surface area (Å²) in [5, 5.41) is 10.5. The fourth-order valence-corrected chi connectivity index (χ4v) is 4.50. The SMILES string of the molecule is CCOC(=O)C1=C(c2ccccc2)c2ccc(OCCCCCc3ccccc3)cc2/C1=[N+](/C)O. The Morgan fingerprint density at radius 3 is 2.29 bits per heavy atom. The van der Waals surface area contributed by atoms with Crippen LogP contribution < -0.4 is 4.74 Å². The van der Waals surface area contributed by atoms with Crippen LogP contribution in [-0.4, -0.2) is 41.9 Å². The van der Waals surface area contributed by atoms with Crippen LogP contribution >= 0.6 is 0 Å². The third-order valence-corrected chi connectivity index (χ3v) is 6.09. The van der Waals surface area contributed by atoms with Gasteiger partial charge < -0.3 is 9.47 Å². The van der Waals surface area contributed by atoms with Crippen LogP contribution in [0.2, 0.25) is 0 Å². The maximum atomic E-state index is 13.0. The Morgan fingerprint density at radius 2 is 1.60 bits per heavy atom. The lowest BCUT2D eigenvalue weighted by atomic mass is 9.97. The molecule has 1 aliphatic rings. The quantitative estimate of drug-likeness (QED) is 0.136. The number of unbranched alkanes of at least 4 members (excludes halogenated alkanes) is 2. The van der Waals surface area contributed by atoms with Crippen molar-refractivity contribution in [3.63, 3.8) is 0 Å². The summed E-state index contributed by atoms with van der Waals surface area (Å²) in [4.78, 5) is 13.0. The van der Waals surface area contributed by atoms with Crippen molar-refractivity contribution in [2.75, 3.05) is 20.3 Å². The second-order valence-corrected chi connectivity index (χ2v) is 8.56. The zero-order valence-corrected chi connectivity index (χ0v) is 20.4. The Hall–Kier alpha value is -3.86.